The van der Waals surface area contributed by atoms with Crippen LogP contribution in [0.2, 0.25) is 0 Å². The number of unbranched alkanes of at least 4 members (excludes halogenated alkanes) is 2. The van der Waals surface area contributed by atoms with E-state index in [4.69, 9.17) is 4.74 Å². The summed E-state index contributed by atoms with van der Waals surface area (Å²) in [7, 11) is 1.46. The van der Waals surface area contributed by atoms with Crippen molar-refractivity contribution in [3.63, 3.8) is 0 Å². The van der Waals surface area contributed by atoms with Crippen molar-refractivity contribution in [1.29, 1.82) is 0 Å². The van der Waals surface area contributed by atoms with Gasteiger partial charge in [-0.15, -0.1) is 0 Å². The third-order valence-corrected chi connectivity index (χ3v) is 3.35. The number of hydrogen-bond acceptors (Lipinski definition) is 4. The number of carbonyl (C=O) groups is 1. The Morgan fingerprint density at radius 1 is 1.50 bits per heavy atom. The molecule has 0 aromatic heterocycles. The van der Waals surface area contributed by atoms with Gasteiger partial charge in [-0.3, -0.25) is 10.2 Å². The van der Waals surface area contributed by atoms with Gasteiger partial charge in [-0.25, -0.2) is 5.01 Å². The first-order valence-corrected chi connectivity index (χ1v) is 6.24. The van der Waals surface area contributed by atoms with Crippen LogP contribution in [-0.4, -0.2) is 36.7 Å². The molecule has 94 valence electrons. The normalized spacial score (nSPS) is 25.9. The minimum Gasteiger partial charge on any atom is -0.468 e. The van der Waals surface area contributed by atoms with E-state index in [-0.39, 0.29) is 5.97 Å². The van der Waals surface area contributed by atoms with Gasteiger partial charge >= 0.3 is 5.97 Å². The molecule has 0 aromatic carbocycles. The van der Waals surface area contributed by atoms with Crippen LogP contribution < -0.4 is 5.43 Å². The van der Waals surface area contributed by atoms with E-state index in [2.05, 4.69) is 17.4 Å². The lowest BCUT2D eigenvalue weighted by Gasteiger charge is -2.32. The van der Waals surface area contributed by atoms with Gasteiger partial charge in [0.2, 0.25) is 0 Å². The zero-order valence-electron chi connectivity index (χ0n) is 10.7. The molecule has 1 rings (SSSR count). The van der Waals surface area contributed by atoms with Gasteiger partial charge in [-0.2, -0.15) is 0 Å². The van der Waals surface area contributed by atoms with Crippen LogP contribution >= 0.6 is 0 Å². The molecule has 0 unspecified atom stereocenters. The maximum atomic E-state index is 11.7. The summed E-state index contributed by atoms with van der Waals surface area (Å²) >= 11 is 0. The average molecular weight is 228 g/mol. The highest BCUT2D eigenvalue weighted by Gasteiger charge is 2.44. The molecule has 16 heavy (non-hydrogen) atoms. The molecule has 0 radical (unpaired) electrons. The molecule has 1 heterocycles. The van der Waals surface area contributed by atoms with Crippen LogP contribution in [0.1, 0.15) is 46.0 Å². The Kier molecular flexibility index (Phi) is 5.22. The monoisotopic (exact) mass is 228 g/mol. The highest BCUT2D eigenvalue weighted by Crippen LogP contribution is 2.28. The van der Waals surface area contributed by atoms with Gasteiger partial charge in [0.05, 0.1) is 7.11 Å². The smallest absolute Gasteiger partial charge is 0.327 e. The molecule has 1 aliphatic rings. The van der Waals surface area contributed by atoms with Gasteiger partial charge in [-0.05, 0) is 26.2 Å². The Balaban J connectivity index is 2.42. The minimum atomic E-state index is -0.471. The summed E-state index contributed by atoms with van der Waals surface area (Å²) in [6.45, 7) is 6.02. The number of nitrogens with zero attached hydrogens (tertiary/aromatic N) is 1. The molecular weight excluding hydrogens is 204 g/mol. The van der Waals surface area contributed by atoms with Crippen LogP contribution in [0.5, 0.6) is 0 Å². The quantitative estimate of drug-likeness (QED) is 0.555. The summed E-state index contributed by atoms with van der Waals surface area (Å²) in [4.78, 5) is 11.7. The largest absolute Gasteiger partial charge is 0.468 e. The lowest BCUT2D eigenvalue weighted by atomic mass is 10.0. The van der Waals surface area contributed by atoms with E-state index in [1.807, 2.05) is 6.92 Å². The number of ether oxygens (including phenoxy) is 1. The van der Waals surface area contributed by atoms with Gasteiger partial charge in [0.15, 0.2) is 0 Å². The van der Waals surface area contributed by atoms with E-state index in [1.54, 1.807) is 0 Å². The van der Waals surface area contributed by atoms with E-state index in [9.17, 15) is 4.79 Å². The second-order valence-electron chi connectivity index (χ2n) is 4.64. The van der Waals surface area contributed by atoms with Gasteiger partial charge in [0.25, 0.3) is 0 Å². The summed E-state index contributed by atoms with van der Waals surface area (Å²) in [5.41, 5.74) is 2.88. The Morgan fingerprint density at radius 2 is 2.25 bits per heavy atom. The number of hydrogen-bond donors (Lipinski definition) is 1. The van der Waals surface area contributed by atoms with Crippen LogP contribution in [0.3, 0.4) is 0 Å². The third-order valence-electron chi connectivity index (χ3n) is 3.35. The van der Waals surface area contributed by atoms with Crippen molar-refractivity contribution in [2.75, 3.05) is 20.2 Å². The molecule has 4 nitrogen and oxygen atoms in total. The van der Waals surface area contributed by atoms with Crippen LogP contribution in [0.4, 0.5) is 0 Å². The first kappa shape index (κ1) is 13.5. The topological polar surface area (TPSA) is 41.6 Å². The first-order valence-electron chi connectivity index (χ1n) is 6.24. The van der Waals surface area contributed by atoms with E-state index >= 15 is 0 Å². The SMILES string of the molecule is CCCCCNN1CCC[C@]1(C)C(=O)OC. The Bertz CT molecular complexity index is 233. The minimum absolute atomic E-state index is 0.131. The fourth-order valence-electron chi connectivity index (χ4n) is 2.24. The lowest BCUT2D eigenvalue weighted by molar-refractivity contribution is -0.154. The van der Waals surface area contributed by atoms with Crippen molar-refractivity contribution in [2.45, 2.75) is 51.5 Å². The number of hydrazine groups is 1. The molecule has 0 saturated carbocycles. The van der Waals surface area contributed by atoms with Crippen molar-refractivity contribution in [3.8, 4) is 0 Å². The fourth-order valence-corrected chi connectivity index (χ4v) is 2.24. The van der Waals surface area contributed by atoms with Gasteiger partial charge in [0.1, 0.15) is 5.54 Å². The predicted molar refractivity (Wildman–Crippen MR) is 63.9 cm³/mol. The van der Waals surface area contributed by atoms with Crippen molar-refractivity contribution in [2.24, 2.45) is 0 Å². The molecule has 1 atom stereocenters. The number of methoxy groups -OCH3 is 1. The van der Waals surface area contributed by atoms with Crippen molar-refractivity contribution >= 4 is 5.97 Å². The maximum Gasteiger partial charge on any atom is 0.327 e. The van der Waals surface area contributed by atoms with Crippen LogP contribution in [0, 0.1) is 0 Å². The van der Waals surface area contributed by atoms with Gasteiger partial charge in [0, 0.05) is 13.1 Å². The van der Waals surface area contributed by atoms with Crippen molar-refractivity contribution in [3.05, 3.63) is 0 Å². The van der Waals surface area contributed by atoms with Crippen molar-refractivity contribution in [1.82, 2.24) is 10.4 Å². The molecule has 0 aromatic rings. The van der Waals surface area contributed by atoms with Crippen LogP contribution in [-0.2, 0) is 9.53 Å². The van der Waals surface area contributed by atoms with E-state index in [0.717, 1.165) is 32.4 Å². The molecule has 1 saturated heterocycles. The summed E-state index contributed by atoms with van der Waals surface area (Å²) < 4.78 is 4.87. The Labute approximate surface area is 98.3 Å². The number of carbonyl (C=O) groups excluding carboxylic acids is 1. The molecule has 0 bridgehead atoms. The van der Waals surface area contributed by atoms with E-state index in [1.165, 1.54) is 20.0 Å². The molecule has 1 N–H and O–H groups in total. The Morgan fingerprint density at radius 3 is 2.88 bits per heavy atom. The molecular formula is C12H24N2O2. The maximum absolute atomic E-state index is 11.7. The highest BCUT2D eigenvalue weighted by molar-refractivity contribution is 5.80. The second kappa shape index (κ2) is 6.21. The highest BCUT2D eigenvalue weighted by atomic mass is 16.5. The second-order valence-corrected chi connectivity index (χ2v) is 4.64. The summed E-state index contributed by atoms with van der Waals surface area (Å²) in [6.07, 6.45) is 5.53. The zero-order valence-corrected chi connectivity index (χ0v) is 10.7. The van der Waals surface area contributed by atoms with Crippen molar-refractivity contribution < 1.29 is 9.53 Å². The molecule has 0 amide bonds. The summed E-state index contributed by atoms with van der Waals surface area (Å²) in [6, 6.07) is 0. The zero-order chi connectivity index (χ0) is 12.0. The van der Waals surface area contributed by atoms with Crippen LogP contribution in [0.15, 0.2) is 0 Å². The fraction of sp³-hybridized carbons (Fsp3) is 0.917. The van der Waals surface area contributed by atoms with E-state index < -0.39 is 5.54 Å². The molecule has 0 spiro atoms. The molecule has 1 aliphatic heterocycles. The molecule has 1 fully saturated rings. The van der Waals surface area contributed by atoms with E-state index in [0.29, 0.717) is 0 Å². The number of nitrogens with one attached hydrogen (secondary N) is 1. The predicted octanol–water partition coefficient (Wildman–Crippen LogP) is 1.71. The Hall–Kier alpha value is -0.610. The first-order chi connectivity index (χ1) is 7.65. The average Bonchev–Trinajstić information content (AvgIpc) is 2.66. The lowest BCUT2D eigenvalue weighted by Crippen LogP contribution is -2.55. The van der Waals surface area contributed by atoms with Gasteiger partial charge < -0.3 is 4.74 Å². The third kappa shape index (κ3) is 2.95. The number of esters is 1. The van der Waals surface area contributed by atoms with Gasteiger partial charge in [-0.1, -0.05) is 19.8 Å². The molecule has 0 aliphatic carbocycles. The summed E-state index contributed by atoms with van der Waals surface area (Å²) in [5, 5.41) is 2.05. The van der Waals surface area contributed by atoms with Crippen LogP contribution in [0.25, 0.3) is 0 Å². The molecule has 4 heteroatoms. The summed E-state index contributed by atoms with van der Waals surface area (Å²) in [5.74, 6) is -0.131. The number of rotatable bonds is 6. The standard InChI is InChI=1S/C12H24N2O2/c1-4-5-6-9-13-14-10-7-8-12(14,2)11(15)16-3/h13H,4-10H2,1-3H3/t12-/m1/s1.